The molecule has 2 aromatic rings. The molecule has 0 unspecified atom stereocenters. The van der Waals surface area contributed by atoms with Crippen LogP contribution in [0.3, 0.4) is 0 Å². The fraction of sp³-hybridized carbons (Fsp3) is 0.261. The zero-order chi connectivity index (χ0) is 21.9. The summed E-state index contributed by atoms with van der Waals surface area (Å²) >= 11 is 2.58. The summed E-state index contributed by atoms with van der Waals surface area (Å²) in [5.41, 5.74) is 1.41. The van der Waals surface area contributed by atoms with E-state index in [0.717, 1.165) is 22.2 Å². The van der Waals surface area contributed by atoms with Crippen LogP contribution >= 0.6 is 23.1 Å². The van der Waals surface area contributed by atoms with Crippen LogP contribution < -0.4 is 0 Å². The Balaban J connectivity index is 1.95. The van der Waals surface area contributed by atoms with Crippen LogP contribution in [-0.2, 0) is 14.9 Å². The van der Waals surface area contributed by atoms with Crippen molar-refractivity contribution in [2.75, 3.05) is 6.61 Å². The second-order valence-corrected chi connectivity index (χ2v) is 9.63. The van der Waals surface area contributed by atoms with Gasteiger partial charge in [0.15, 0.2) is 0 Å². The molecule has 30 heavy (non-hydrogen) atoms. The summed E-state index contributed by atoms with van der Waals surface area (Å²) < 4.78 is 5.06. The minimum absolute atomic E-state index is 0.0259. The van der Waals surface area contributed by atoms with E-state index < -0.39 is 11.9 Å². The van der Waals surface area contributed by atoms with Crippen LogP contribution in [0.15, 0.2) is 63.0 Å². The Morgan fingerprint density at radius 1 is 1.17 bits per heavy atom. The molecule has 0 radical (unpaired) electrons. The topological polar surface area (TPSA) is 76.0 Å². The van der Waals surface area contributed by atoms with Gasteiger partial charge in [0.2, 0.25) is 0 Å². The number of thiophene rings is 1. The van der Waals surface area contributed by atoms with E-state index in [-0.39, 0.29) is 28.4 Å². The van der Waals surface area contributed by atoms with Crippen molar-refractivity contribution < 1.29 is 19.4 Å². The number of hydrogen-bond acceptors (Lipinski definition) is 6. The highest BCUT2D eigenvalue weighted by Crippen LogP contribution is 2.39. The first-order valence-electron chi connectivity index (χ1n) is 9.48. The SMILES string of the molecule is CCOC(=O)C1=C(O)/C(=C\c2cccs2)SC1=NC(=O)c1ccc(C(C)(C)C)cc1. The number of carbonyl (C=O) groups excluding carboxylic acids is 2. The number of esters is 1. The number of benzene rings is 1. The number of carbonyl (C=O) groups is 2. The first-order chi connectivity index (χ1) is 14.2. The lowest BCUT2D eigenvalue weighted by molar-refractivity contribution is -0.138. The highest BCUT2D eigenvalue weighted by molar-refractivity contribution is 8.18. The smallest absolute Gasteiger partial charge is 0.344 e. The molecule has 0 saturated heterocycles. The summed E-state index contributed by atoms with van der Waals surface area (Å²) in [7, 11) is 0. The minimum atomic E-state index is -0.702. The van der Waals surface area contributed by atoms with E-state index in [1.165, 1.54) is 11.3 Å². The van der Waals surface area contributed by atoms with E-state index in [9.17, 15) is 14.7 Å². The average Bonchev–Trinajstić information content (AvgIpc) is 3.30. The number of ether oxygens (including phenoxy) is 1. The van der Waals surface area contributed by atoms with Gasteiger partial charge < -0.3 is 9.84 Å². The first-order valence-corrected chi connectivity index (χ1v) is 11.2. The van der Waals surface area contributed by atoms with E-state index in [0.29, 0.717) is 10.5 Å². The Labute approximate surface area is 184 Å². The van der Waals surface area contributed by atoms with Crippen molar-refractivity contribution in [3.63, 3.8) is 0 Å². The molecule has 3 rings (SSSR count). The molecular weight excluding hydrogens is 418 g/mol. The summed E-state index contributed by atoms with van der Waals surface area (Å²) in [4.78, 5) is 30.7. The molecule has 0 saturated carbocycles. The number of rotatable bonds is 4. The number of nitrogens with zero attached hydrogens (tertiary/aromatic N) is 1. The van der Waals surface area contributed by atoms with Crippen molar-refractivity contribution >= 4 is 46.1 Å². The van der Waals surface area contributed by atoms with E-state index >= 15 is 0 Å². The van der Waals surface area contributed by atoms with E-state index in [1.807, 2.05) is 29.6 Å². The molecule has 1 aromatic carbocycles. The zero-order valence-corrected chi connectivity index (χ0v) is 18.9. The van der Waals surface area contributed by atoms with Crippen LogP contribution in [0.1, 0.15) is 48.5 Å². The summed E-state index contributed by atoms with van der Waals surface area (Å²) in [6, 6.07) is 11.0. The van der Waals surface area contributed by atoms with Crippen molar-refractivity contribution in [2.45, 2.75) is 33.1 Å². The molecule has 0 spiro atoms. The quantitative estimate of drug-likeness (QED) is 0.612. The number of amides is 1. The van der Waals surface area contributed by atoms with Gasteiger partial charge in [0.1, 0.15) is 16.4 Å². The highest BCUT2D eigenvalue weighted by atomic mass is 32.2. The molecule has 7 heteroatoms. The summed E-state index contributed by atoms with van der Waals surface area (Å²) in [6.45, 7) is 8.12. The molecule has 2 heterocycles. The fourth-order valence-electron chi connectivity index (χ4n) is 2.76. The lowest BCUT2D eigenvalue weighted by Gasteiger charge is -2.18. The normalized spacial score (nSPS) is 17.1. The van der Waals surface area contributed by atoms with Gasteiger partial charge in [-0.3, -0.25) is 4.79 Å². The maximum absolute atomic E-state index is 12.7. The van der Waals surface area contributed by atoms with Crippen LogP contribution in [0, 0.1) is 0 Å². The van der Waals surface area contributed by atoms with Crippen molar-refractivity contribution in [1.82, 2.24) is 0 Å². The Morgan fingerprint density at radius 2 is 1.87 bits per heavy atom. The number of hydrogen-bond donors (Lipinski definition) is 1. The summed E-state index contributed by atoms with van der Waals surface area (Å²) in [6.07, 6.45) is 1.76. The Kier molecular flexibility index (Phi) is 6.63. The molecule has 1 N–H and O–H groups in total. The third kappa shape index (κ3) is 4.91. The number of aliphatic imine (C=N–C) groups is 1. The summed E-state index contributed by atoms with van der Waals surface area (Å²) in [5, 5.41) is 12.7. The lowest BCUT2D eigenvalue weighted by atomic mass is 9.87. The van der Waals surface area contributed by atoms with Crippen LogP contribution in [0.25, 0.3) is 6.08 Å². The molecule has 0 fully saturated rings. The summed E-state index contributed by atoms with van der Waals surface area (Å²) in [5.74, 6) is -1.40. The third-order valence-electron chi connectivity index (χ3n) is 4.39. The highest BCUT2D eigenvalue weighted by Gasteiger charge is 2.34. The van der Waals surface area contributed by atoms with Gasteiger partial charge >= 0.3 is 5.97 Å². The first kappa shape index (κ1) is 22.1. The molecule has 1 aliphatic rings. The number of aliphatic hydroxyl groups is 1. The van der Waals surface area contributed by atoms with Crippen molar-refractivity contribution in [3.8, 4) is 0 Å². The second-order valence-electron chi connectivity index (χ2n) is 7.62. The molecule has 156 valence electrons. The fourth-order valence-corrected chi connectivity index (χ4v) is 4.50. The molecule has 1 aromatic heterocycles. The van der Waals surface area contributed by atoms with Gasteiger partial charge in [-0.05, 0) is 47.6 Å². The van der Waals surface area contributed by atoms with Crippen molar-refractivity contribution in [3.05, 3.63) is 74.0 Å². The molecule has 0 atom stereocenters. The Hall–Kier alpha value is -2.64. The van der Waals surface area contributed by atoms with Crippen LogP contribution in [0.2, 0.25) is 0 Å². The molecule has 1 amide bonds. The molecule has 5 nitrogen and oxygen atoms in total. The van der Waals surface area contributed by atoms with Crippen molar-refractivity contribution in [1.29, 1.82) is 0 Å². The molecule has 0 bridgehead atoms. The number of thioether (sulfide) groups is 1. The minimum Gasteiger partial charge on any atom is -0.506 e. The molecular formula is C23H23NO4S2. The predicted molar refractivity (Wildman–Crippen MR) is 123 cm³/mol. The zero-order valence-electron chi connectivity index (χ0n) is 17.3. The second kappa shape index (κ2) is 9.02. The van der Waals surface area contributed by atoms with E-state index in [1.54, 1.807) is 25.1 Å². The van der Waals surface area contributed by atoms with Crippen LogP contribution in [0.4, 0.5) is 0 Å². The monoisotopic (exact) mass is 441 g/mol. The van der Waals surface area contributed by atoms with Gasteiger partial charge in [-0.25, -0.2) is 9.79 Å². The van der Waals surface area contributed by atoms with Crippen LogP contribution in [-0.4, -0.2) is 28.6 Å². The van der Waals surface area contributed by atoms with Gasteiger partial charge in [0, 0.05) is 10.4 Å². The Bertz CT molecular complexity index is 1040. The lowest BCUT2D eigenvalue weighted by Crippen LogP contribution is -2.14. The van der Waals surface area contributed by atoms with E-state index in [4.69, 9.17) is 4.74 Å². The van der Waals surface area contributed by atoms with Gasteiger partial charge in [-0.1, -0.05) is 50.7 Å². The molecule has 0 aliphatic carbocycles. The average molecular weight is 442 g/mol. The van der Waals surface area contributed by atoms with E-state index in [2.05, 4.69) is 25.8 Å². The van der Waals surface area contributed by atoms with Gasteiger partial charge in [0.25, 0.3) is 5.91 Å². The standard InChI is InChI=1S/C23H23NO4S2/c1-5-28-22(27)18-19(25)17(13-16-7-6-12-29-16)30-21(18)24-20(26)14-8-10-15(11-9-14)23(2,3)4/h6-13,25H,5H2,1-4H3/b17-13+,24-21?. The van der Waals surface area contributed by atoms with Crippen LogP contribution in [0.5, 0.6) is 0 Å². The van der Waals surface area contributed by atoms with Gasteiger partial charge in [0.05, 0.1) is 11.5 Å². The molecule has 1 aliphatic heterocycles. The number of aliphatic hydroxyl groups excluding tert-OH is 1. The van der Waals surface area contributed by atoms with Gasteiger partial charge in [-0.2, -0.15) is 0 Å². The Morgan fingerprint density at radius 3 is 2.43 bits per heavy atom. The largest absolute Gasteiger partial charge is 0.506 e. The third-order valence-corrected chi connectivity index (χ3v) is 6.23. The maximum Gasteiger partial charge on any atom is 0.344 e. The van der Waals surface area contributed by atoms with Crippen molar-refractivity contribution in [2.24, 2.45) is 4.99 Å². The predicted octanol–water partition coefficient (Wildman–Crippen LogP) is 5.75. The van der Waals surface area contributed by atoms with Gasteiger partial charge in [-0.15, -0.1) is 11.3 Å². The maximum atomic E-state index is 12.7.